The van der Waals surface area contributed by atoms with Crippen molar-refractivity contribution in [2.24, 2.45) is 0 Å². The van der Waals surface area contributed by atoms with Crippen molar-refractivity contribution in [2.45, 2.75) is 0 Å². The molecule has 0 spiro atoms. The van der Waals surface area contributed by atoms with Crippen molar-refractivity contribution in [1.82, 2.24) is 0 Å². The number of hydrogen-bond acceptors (Lipinski definition) is 4. The number of fused-ring (bicyclic) bond motifs is 3. The van der Waals surface area contributed by atoms with Gasteiger partial charge in [0.25, 0.3) is 0 Å². The van der Waals surface area contributed by atoms with Crippen LogP contribution in [0.25, 0.3) is 74.1 Å². The summed E-state index contributed by atoms with van der Waals surface area (Å²) >= 11 is 7.33. The van der Waals surface area contributed by atoms with Gasteiger partial charge in [-0.1, -0.05) is 72.8 Å². The molecule has 0 amide bonds. The second kappa shape index (κ2) is 9.04. The van der Waals surface area contributed by atoms with Crippen LogP contribution in [0.1, 0.15) is 0 Å². The van der Waals surface area contributed by atoms with Gasteiger partial charge in [0.2, 0.25) is 0 Å². The molecule has 180 valence electrons. The Balaban J connectivity index is 1.78. The predicted molar refractivity (Wildman–Crippen MR) is 172 cm³/mol. The van der Waals surface area contributed by atoms with Crippen molar-refractivity contribution in [3.8, 4) is 41.8 Å². The summed E-state index contributed by atoms with van der Waals surface area (Å²) in [6, 6.07) is 35.9. The highest BCUT2D eigenvalue weighted by atomic mass is 32.1. The van der Waals surface area contributed by atoms with Gasteiger partial charge in [0.05, 0.1) is 0 Å². The van der Waals surface area contributed by atoms with E-state index >= 15 is 0 Å². The van der Waals surface area contributed by atoms with Gasteiger partial charge in [0.1, 0.15) is 0 Å². The summed E-state index contributed by atoms with van der Waals surface area (Å²) in [5.74, 6) is 0. The Kier molecular flexibility index (Phi) is 5.34. The molecule has 0 aliphatic carbocycles. The molecule has 4 aromatic heterocycles. The monoisotopic (exact) mass is 556 g/mol. The fourth-order valence-electron chi connectivity index (χ4n) is 5.83. The Morgan fingerprint density at radius 1 is 0.289 bits per heavy atom. The third-order valence-electron chi connectivity index (χ3n) is 7.25. The smallest absolute Gasteiger partial charge is 0.0355 e. The molecule has 0 radical (unpaired) electrons. The van der Waals surface area contributed by atoms with E-state index in [4.69, 9.17) is 0 Å². The highest BCUT2D eigenvalue weighted by molar-refractivity contribution is 7.15. The molecule has 0 saturated heterocycles. The van der Waals surface area contributed by atoms with E-state index in [2.05, 4.69) is 119 Å². The molecule has 0 bridgehead atoms. The lowest BCUT2D eigenvalue weighted by Crippen LogP contribution is -1.95. The second-order valence-electron chi connectivity index (χ2n) is 9.25. The van der Waals surface area contributed by atoms with Gasteiger partial charge >= 0.3 is 0 Å². The highest BCUT2D eigenvalue weighted by Gasteiger charge is 2.26. The zero-order valence-electron chi connectivity index (χ0n) is 20.2. The molecule has 0 saturated carbocycles. The molecular weight excluding hydrogens is 537 g/mol. The maximum atomic E-state index is 2.32. The standard InChI is InChI=1S/C34H20S4/c1-2-10-22-21(9-1)29(25-13-5-17-35-25)33-31(27-15-7-19-37-27)23-11-3-4-12-24(23)32(28-16-8-20-38-28)34(33)30(22)26-14-6-18-36-26/h1-20H. The van der Waals surface area contributed by atoms with Crippen molar-refractivity contribution < 1.29 is 0 Å². The van der Waals surface area contributed by atoms with Crippen LogP contribution < -0.4 is 0 Å². The molecule has 0 N–H and O–H groups in total. The largest absolute Gasteiger partial charge is 0.144 e. The van der Waals surface area contributed by atoms with Gasteiger partial charge in [-0.3, -0.25) is 0 Å². The topological polar surface area (TPSA) is 0 Å². The fraction of sp³-hybridized carbons (Fsp3) is 0. The van der Waals surface area contributed by atoms with E-state index in [9.17, 15) is 0 Å². The highest BCUT2D eigenvalue weighted by Crippen LogP contribution is 2.55. The Labute approximate surface area is 236 Å². The van der Waals surface area contributed by atoms with E-state index in [1.807, 2.05) is 45.3 Å². The maximum Gasteiger partial charge on any atom is 0.0355 e. The summed E-state index contributed by atoms with van der Waals surface area (Å²) in [6.45, 7) is 0. The van der Waals surface area contributed by atoms with Crippen molar-refractivity contribution in [3.63, 3.8) is 0 Å². The molecule has 8 rings (SSSR count). The van der Waals surface area contributed by atoms with Gasteiger partial charge in [0, 0.05) is 52.5 Å². The van der Waals surface area contributed by atoms with E-state index in [0.29, 0.717) is 0 Å². The Bertz CT molecular complexity index is 1740. The maximum absolute atomic E-state index is 2.32. The Hall–Kier alpha value is -3.54. The molecule has 0 aliphatic heterocycles. The lowest BCUT2D eigenvalue weighted by atomic mass is 9.82. The molecule has 0 unspecified atom stereocenters. The summed E-state index contributed by atoms with van der Waals surface area (Å²) < 4.78 is 0. The lowest BCUT2D eigenvalue weighted by Gasteiger charge is -2.23. The van der Waals surface area contributed by atoms with Gasteiger partial charge in [0.15, 0.2) is 0 Å². The molecular formula is C34H20S4. The van der Waals surface area contributed by atoms with E-state index in [1.54, 1.807) is 0 Å². The summed E-state index contributed by atoms with van der Waals surface area (Å²) in [4.78, 5) is 5.26. The van der Waals surface area contributed by atoms with Gasteiger partial charge in [-0.05, 0) is 67.3 Å². The van der Waals surface area contributed by atoms with Gasteiger partial charge < -0.3 is 0 Å². The van der Waals surface area contributed by atoms with Crippen molar-refractivity contribution in [3.05, 3.63) is 119 Å². The van der Waals surface area contributed by atoms with Crippen molar-refractivity contribution in [1.29, 1.82) is 0 Å². The van der Waals surface area contributed by atoms with E-state index in [0.717, 1.165) is 0 Å². The number of thiophene rings is 4. The zero-order chi connectivity index (χ0) is 25.1. The van der Waals surface area contributed by atoms with Crippen LogP contribution in [0.4, 0.5) is 0 Å². The van der Waals surface area contributed by atoms with E-state index in [1.165, 1.54) is 74.1 Å². The minimum absolute atomic E-state index is 1.31. The molecule has 4 aromatic carbocycles. The normalized spacial score (nSPS) is 11.7. The first-order valence-electron chi connectivity index (χ1n) is 12.5. The predicted octanol–water partition coefficient (Wildman–Crippen LogP) is 12.1. The molecule has 4 heterocycles. The summed E-state index contributed by atoms with van der Waals surface area (Å²) in [6.07, 6.45) is 0. The minimum atomic E-state index is 1.31. The second-order valence-corrected chi connectivity index (χ2v) is 13.0. The number of hydrogen-bond donors (Lipinski definition) is 0. The SMILES string of the molecule is c1csc(-c2c3ccccc3c(-c3cccs3)c3c(-c4cccs4)c4ccccc4c(-c4cccs4)c23)c1. The van der Waals surface area contributed by atoms with Crippen LogP contribution in [-0.2, 0) is 0 Å². The van der Waals surface area contributed by atoms with Crippen LogP contribution in [0.15, 0.2) is 119 Å². The van der Waals surface area contributed by atoms with Crippen LogP contribution in [0.2, 0.25) is 0 Å². The first-order valence-corrected chi connectivity index (χ1v) is 16.0. The van der Waals surface area contributed by atoms with Crippen LogP contribution in [0.3, 0.4) is 0 Å². The number of rotatable bonds is 4. The van der Waals surface area contributed by atoms with Gasteiger partial charge in [-0.15, -0.1) is 45.3 Å². The van der Waals surface area contributed by atoms with Crippen LogP contribution in [0, 0.1) is 0 Å². The molecule has 8 aromatic rings. The fourth-order valence-corrected chi connectivity index (χ4v) is 9.00. The average Bonchev–Trinajstić information content (AvgIpc) is 3.78. The van der Waals surface area contributed by atoms with Crippen LogP contribution >= 0.6 is 45.3 Å². The quantitative estimate of drug-likeness (QED) is 0.189. The third-order valence-corrected chi connectivity index (χ3v) is 10.8. The summed E-state index contributed by atoms with van der Waals surface area (Å²) in [5.41, 5.74) is 5.38. The molecule has 0 aliphatic rings. The summed E-state index contributed by atoms with van der Waals surface area (Å²) in [7, 11) is 0. The molecule has 4 heteroatoms. The summed E-state index contributed by atoms with van der Waals surface area (Å²) in [5, 5.41) is 16.8. The van der Waals surface area contributed by atoms with E-state index in [-0.39, 0.29) is 0 Å². The average molecular weight is 557 g/mol. The van der Waals surface area contributed by atoms with Crippen molar-refractivity contribution in [2.75, 3.05) is 0 Å². The molecule has 38 heavy (non-hydrogen) atoms. The molecule has 0 atom stereocenters. The molecule has 0 fully saturated rings. The van der Waals surface area contributed by atoms with Gasteiger partial charge in [-0.2, -0.15) is 0 Å². The third kappa shape index (κ3) is 3.31. The lowest BCUT2D eigenvalue weighted by molar-refractivity contribution is 1.74. The molecule has 0 nitrogen and oxygen atoms in total. The minimum Gasteiger partial charge on any atom is -0.144 e. The van der Waals surface area contributed by atoms with E-state index < -0.39 is 0 Å². The Morgan fingerprint density at radius 2 is 0.553 bits per heavy atom. The van der Waals surface area contributed by atoms with Crippen LogP contribution in [-0.4, -0.2) is 0 Å². The Morgan fingerprint density at radius 3 is 0.763 bits per heavy atom. The number of benzene rings is 4. The van der Waals surface area contributed by atoms with Crippen LogP contribution in [0.5, 0.6) is 0 Å². The van der Waals surface area contributed by atoms with Crippen molar-refractivity contribution >= 4 is 77.7 Å². The first-order chi connectivity index (χ1) is 18.9. The first kappa shape index (κ1) is 22.4. The zero-order valence-corrected chi connectivity index (χ0v) is 23.4. The van der Waals surface area contributed by atoms with Gasteiger partial charge in [-0.25, -0.2) is 0 Å².